The average Bonchev–Trinajstić information content (AvgIpc) is 3.07. The molecule has 0 N–H and O–H groups in total. The van der Waals surface area contributed by atoms with Crippen molar-refractivity contribution in [3.63, 3.8) is 0 Å². The summed E-state index contributed by atoms with van der Waals surface area (Å²) in [6, 6.07) is 5.33. The number of nitro benzene ring substituents is 1. The Balaban J connectivity index is 1.50. The van der Waals surface area contributed by atoms with Crippen molar-refractivity contribution in [3.8, 4) is 0 Å². The second-order valence-electron chi connectivity index (χ2n) is 7.45. The fourth-order valence-corrected chi connectivity index (χ4v) is 5.44. The number of carbonyl (C=O) groups excluding carboxylic acids is 2. The molecule has 11 heteroatoms. The molecule has 2 amide bonds. The molecule has 0 saturated carbocycles. The molecule has 158 valence electrons. The standard InChI is InChI=1S/C18H24N4O6S/c1-19(16-6-11-29(27,28)13-16)12-17(23)20-7-9-21(10-8-20)18(24)14-2-4-15(5-3-14)22(25)26/h2-5,16H,6-13H2,1H3/t16-/m1/s1. The van der Waals surface area contributed by atoms with Crippen LogP contribution in [0.4, 0.5) is 5.69 Å². The Bertz CT molecular complexity index is 893. The number of nitro groups is 1. The van der Waals surface area contributed by atoms with Gasteiger partial charge in [0.25, 0.3) is 11.6 Å². The molecule has 0 aromatic heterocycles. The largest absolute Gasteiger partial charge is 0.338 e. The van der Waals surface area contributed by atoms with Gasteiger partial charge >= 0.3 is 0 Å². The SMILES string of the molecule is CN(CC(=O)N1CCN(C(=O)c2ccc([N+](=O)[O-])cc2)CC1)[C@@H]1CCS(=O)(=O)C1. The minimum Gasteiger partial charge on any atom is -0.338 e. The fourth-order valence-electron chi connectivity index (χ4n) is 3.63. The second kappa shape index (κ2) is 8.46. The summed E-state index contributed by atoms with van der Waals surface area (Å²) in [5, 5.41) is 10.7. The zero-order valence-corrected chi connectivity index (χ0v) is 17.0. The van der Waals surface area contributed by atoms with Gasteiger partial charge in [-0.2, -0.15) is 0 Å². The molecule has 2 saturated heterocycles. The number of hydrogen-bond donors (Lipinski definition) is 0. The van der Waals surface area contributed by atoms with Crippen LogP contribution < -0.4 is 0 Å². The molecule has 1 aromatic rings. The summed E-state index contributed by atoms with van der Waals surface area (Å²) >= 11 is 0. The van der Waals surface area contributed by atoms with Gasteiger partial charge in [-0.15, -0.1) is 0 Å². The highest BCUT2D eigenvalue weighted by atomic mass is 32.2. The zero-order valence-electron chi connectivity index (χ0n) is 16.2. The van der Waals surface area contributed by atoms with Crippen LogP contribution in [0.15, 0.2) is 24.3 Å². The van der Waals surface area contributed by atoms with Crippen molar-refractivity contribution in [2.24, 2.45) is 0 Å². The van der Waals surface area contributed by atoms with Crippen LogP contribution in [0.3, 0.4) is 0 Å². The van der Waals surface area contributed by atoms with Crippen LogP contribution in [0.2, 0.25) is 0 Å². The number of benzene rings is 1. The van der Waals surface area contributed by atoms with E-state index in [1.54, 1.807) is 21.7 Å². The van der Waals surface area contributed by atoms with Crippen molar-refractivity contribution in [3.05, 3.63) is 39.9 Å². The van der Waals surface area contributed by atoms with E-state index in [9.17, 15) is 28.1 Å². The average molecular weight is 424 g/mol. The summed E-state index contributed by atoms with van der Waals surface area (Å²) in [6.07, 6.45) is 0.545. The lowest BCUT2D eigenvalue weighted by molar-refractivity contribution is -0.384. The number of amides is 2. The van der Waals surface area contributed by atoms with Crippen molar-refractivity contribution in [1.29, 1.82) is 0 Å². The van der Waals surface area contributed by atoms with Crippen LogP contribution in [-0.2, 0) is 14.6 Å². The third kappa shape index (κ3) is 5.10. The maximum Gasteiger partial charge on any atom is 0.269 e. The van der Waals surface area contributed by atoms with Crippen LogP contribution in [0.25, 0.3) is 0 Å². The van der Waals surface area contributed by atoms with Crippen LogP contribution in [0.1, 0.15) is 16.8 Å². The molecule has 0 bridgehead atoms. The highest BCUT2D eigenvalue weighted by molar-refractivity contribution is 7.91. The summed E-state index contributed by atoms with van der Waals surface area (Å²) in [5.74, 6) is -0.0481. The van der Waals surface area contributed by atoms with Gasteiger partial charge in [0.1, 0.15) is 0 Å². The molecule has 2 fully saturated rings. The molecule has 29 heavy (non-hydrogen) atoms. The highest BCUT2D eigenvalue weighted by Crippen LogP contribution is 2.17. The van der Waals surface area contributed by atoms with Crippen molar-refractivity contribution in [2.45, 2.75) is 12.5 Å². The van der Waals surface area contributed by atoms with Gasteiger partial charge in [0.05, 0.1) is 23.0 Å². The van der Waals surface area contributed by atoms with E-state index in [0.29, 0.717) is 38.2 Å². The first kappa shape index (κ1) is 21.2. The normalized spacial score (nSPS) is 21.4. The minimum absolute atomic E-state index is 0.0730. The number of hydrogen-bond acceptors (Lipinski definition) is 7. The Morgan fingerprint density at radius 2 is 1.72 bits per heavy atom. The number of non-ortho nitro benzene ring substituents is 1. The molecular formula is C18H24N4O6S. The molecule has 10 nitrogen and oxygen atoms in total. The lowest BCUT2D eigenvalue weighted by atomic mass is 10.1. The van der Waals surface area contributed by atoms with Gasteiger partial charge in [-0.25, -0.2) is 8.42 Å². The Morgan fingerprint density at radius 3 is 2.24 bits per heavy atom. The van der Waals surface area contributed by atoms with Crippen LogP contribution in [0.5, 0.6) is 0 Å². The van der Waals surface area contributed by atoms with E-state index in [0.717, 1.165) is 0 Å². The van der Waals surface area contributed by atoms with Gasteiger partial charge in [0, 0.05) is 49.9 Å². The Kier molecular flexibility index (Phi) is 6.18. The van der Waals surface area contributed by atoms with Gasteiger partial charge in [-0.05, 0) is 25.6 Å². The molecule has 2 aliphatic rings. The summed E-state index contributed by atoms with van der Waals surface area (Å²) in [5.41, 5.74) is 0.300. The van der Waals surface area contributed by atoms with E-state index in [1.807, 2.05) is 0 Å². The molecule has 0 spiro atoms. The Morgan fingerprint density at radius 1 is 1.14 bits per heavy atom. The monoisotopic (exact) mass is 424 g/mol. The van der Waals surface area contributed by atoms with Crippen molar-refractivity contribution >= 4 is 27.3 Å². The number of nitrogens with zero attached hydrogens (tertiary/aromatic N) is 4. The second-order valence-corrected chi connectivity index (χ2v) is 9.68. The third-order valence-corrected chi connectivity index (χ3v) is 7.21. The maximum absolute atomic E-state index is 12.6. The van der Waals surface area contributed by atoms with E-state index in [-0.39, 0.29) is 41.6 Å². The molecule has 2 heterocycles. The topological polar surface area (TPSA) is 121 Å². The first-order chi connectivity index (χ1) is 13.7. The first-order valence-corrected chi connectivity index (χ1v) is 11.2. The summed E-state index contributed by atoms with van der Waals surface area (Å²) < 4.78 is 23.2. The number of rotatable bonds is 5. The highest BCUT2D eigenvalue weighted by Gasteiger charge is 2.32. The van der Waals surface area contributed by atoms with Gasteiger partial charge < -0.3 is 9.80 Å². The number of piperazine rings is 1. The van der Waals surface area contributed by atoms with Gasteiger partial charge in [0.15, 0.2) is 9.84 Å². The molecule has 2 aliphatic heterocycles. The summed E-state index contributed by atoms with van der Waals surface area (Å²) in [7, 11) is -1.24. The van der Waals surface area contributed by atoms with E-state index in [2.05, 4.69) is 0 Å². The lowest BCUT2D eigenvalue weighted by Crippen LogP contribution is -2.53. The molecule has 1 atom stereocenters. The van der Waals surface area contributed by atoms with Gasteiger partial charge in [-0.3, -0.25) is 24.6 Å². The molecule has 0 aliphatic carbocycles. The van der Waals surface area contributed by atoms with E-state index in [4.69, 9.17) is 0 Å². The zero-order chi connectivity index (χ0) is 21.2. The first-order valence-electron chi connectivity index (χ1n) is 9.38. The van der Waals surface area contributed by atoms with Crippen LogP contribution >= 0.6 is 0 Å². The number of likely N-dealkylation sites (N-methyl/N-ethyl adjacent to an activating group) is 1. The minimum atomic E-state index is -3.00. The molecular weight excluding hydrogens is 400 g/mol. The molecule has 0 radical (unpaired) electrons. The summed E-state index contributed by atoms with van der Waals surface area (Å²) in [6.45, 7) is 1.70. The lowest BCUT2D eigenvalue weighted by Gasteiger charge is -2.36. The predicted octanol–water partition coefficient (Wildman–Crippen LogP) is -0.00190. The van der Waals surface area contributed by atoms with Crippen LogP contribution in [0, 0.1) is 10.1 Å². The summed E-state index contributed by atoms with van der Waals surface area (Å²) in [4.78, 5) is 40.4. The smallest absolute Gasteiger partial charge is 0.269 e. The molecule has 3 rings (SSSR count). The van der Waals surface area contributed by atoms with Gasteiger partial charge in [0.2, 0.25) is 5.91 Å². The number of sulfone groups is 1. The predicted molar refractivity (Wildman–Crippen MR) is 105 cm³/mol. The Hall–Kier alpha value is -2.53. The maximum atomic E-state index is 12.6. The molecule has 0 unspecified atom stereocenters. The quantitative estimate of drug-likeness (QED) is 0.482. The van der Waals surface area contributed by atoms with E-state index in [1.165, 1.54) is 24.3 Å². The third-order valence-electron chi connectivity index (χ3n) is 5.46. The van der Waals surface area contributed by atoms with Crippen molar-refractivity contribution in [2.75, 3.05) is 51.3 Å². The van der Waals surface area contributed by atoms with Crippen molar-refractivity contribution in [1.82, 2.24) is 14.7 Å². The van der Waals surface area contributed by atoms with Crippen LogP contribution in [-0.4, -0.2) is 97.2 Å². The fraction of sp³-hybridized carbons (Fsp3) is 0.556. The van der Waals surface area contributed by atoms with Crippen molar-refractivity contribution < 1.29 is 22.9 Å². The molecule has 1 aromatic carbocycles. The van der Waals surface area contributed by atoms with E-state index < -0.39 is 14.8 Å². The van der Waals surface area contributed by atoms with Gasteiger partial charge in [-0.1, -0.05) is 0 Å². The Labute approximate surface area is 169 Å². The number of carbonyl (C=O) groups is 2. The van der Waals surface area contributed by atoms with E-state index >= 15 is 0 Å².